The molecule has 3 heterocycles. The molecule has 0 aliphatic carbocycles. The van der Waals surface area contributed by atoms with Crippen molar-refractivity contribution < 1.29 is 19.4 Å². The highest BCUT2D eigenvalue weighted by molar-refractivity contribution is 6.33. The van der Waals surface area contributed by atoms with Crippen LogP contribution >= 0.6 is 11.6 Å². The largest absolute Gasteiger partial charge is 0.481 e. The lowest BCUT2D eigenvalue weighted by Gasteiger charge is -2.30. The van der Waals surface area contributed by atoms with Gasteiger partial charge in [0.05, 0.1) is 6.33 Å². The molecule has 10 heteroatoms. The SMILES string of the molecule is CC1(C)OC(=O)C(CCn2cnc3c(Cl)nc(N)nc32)=C(O)O1. The van der Waals surface area contributed by atoms with Crippen LogP contribution in [-0.2, 0) is 20.8 Å². The van der Waals surface area contributed by atoms with E-state index in [1.54, 1.807) is 4.57 Å². The summed E-state index contributed by atoms with van der Waals surface area (Å²) in [6, 6.07) is 0. The Morgan fingerprint density at radius 1 is 1.39 bits per heavy atom. The summed E-state index contributed by atoms with van der Waals surface area (Å²) < 4.78 is 11.9. The maximum Gasteiger partial charge on any atom is 0.344 e. The average Bonchev–Trinajstić information content (AvgIpc) is 2.79. The van der Waals surface area contributed by atoms with E-state index < -0.39 is 17.7 Å². The van der Waals surface area contributed by atoms with E-state index in [0.29, 0.717) is 17.7 Å². The molecule has 1 aliphatic heterocycles. The standard InChI is InChI=1S/C13H14ClN5O4/c1-13(2)22-10(20)6(11(21)23-13)3-4-19-5-16-7-8(14)17-12(15)18-9(7)19/h5,20H,3-4H2,1-2H3,(H2,15,17,18). The molecule has 0 radical (unpaired) electrons. The zero-order chi connectivity index (χ0) is 16.8. The average molecular weight is 340 g/mol. The topological polar surface area (TPSA) is 125 Å². The van der Waals surface area contributed by atoms with Crippen molar-refractivity contribution in [3.8, 4) is 0 Å². The number of nitrogens with two attached hydrogens (primary N) is 1. The highest BCUT2D eigenvalue weighted by Gasteiger charge is 2.35. The van der Waals surface area contributed by atoms with Gasteiger partial charge in [-0.25, -0.2) is 9.78 Å². The Balaban J connectivity index is 1.85. The van der Waals surface area contributed by atoms with Gasteiger partial charge < -0.3 is 24.9 Å². The normalized spacial score (nSPS) is 17.3. The lowest BCUT2D eigenvalue weighted by molar-refractivity contribution is -0.222. The van der Waals surface area contributed by atoms with E-state index in [4.69, 9.17) is 26.8 Å². The van der Waals surface area contributed by atoms with Gasteiger partial charge in [-0.05, 0) is 0 Å². The number of esters is 1. The van der Waals surface area contributed by atoms with Gasteiger partial charge in [0.15, 0.2) is 10.8 Å². The molecule has 122 valence electrons. The lowest BCUT2D eigenvalue weighted by Crippen LogP contribution is -2.37. The summed E-state index contributed by atoms with van der Waals surface area (Å²) in [5.41, 5.74) is 6.46. The van der Waals surface area contributed by atoms with E-state index >= 15 is 0 Å². The smallest absolute Gasteiger partial charge is 0.344 e. The second kappa shape index (κ2) is 5.27. The van der Waals surface area contributed by atoms with E-state index in [9.17, 15) is 9.90 Å². The van der Waals surface area contributed by atoms with Crippen molar-refractivity contribution in [2.75, 3.05) is 5.73 Å². The van der Waals surface area contributed by atoms with Gasteiger partial charge in [-0.1, -0.05) is 11.6 Å². The third kappa shape index (κ3) is 2.87. The highest BCUT2D eigenvalue weighted by atomic mass is 35.5. The molecule has 1 aliphatic rings. The number of carbonyl (C=O) groups excluding carboxylic acids is 1. The van der Waals surface area contributed by atoms with E-state index in [-0.39, 0.29) is 23.1 Å². The molecule has 0 unspecified atom stereocenters. The summed E-state index contributed by atoms with van der Waals surface area (Å²) >= 11 is 5.95. The Morgan fingerprint density at radius 3 is 2.83 bits per heavy atom. The molecular formula is C13H14ClN5O4. The van der Waals surface area contributed by atoms with Gasteiger partial charge in [0.2, 0.25) is 5.95 Å². The van der Waals surface area contributed by atoms with Crippen molar-refractivity contribution in [3.05, 3.63) is 23.0 Å². The number of rotatable bonds is 3. The van der Waals surface area contributed by atoms with Crippen LogP contribution in [0.2, 0.25) is 5.15 Å². The fourth-order valence-electron chi connectivity index (χ4n) is 2.22. The molecule has 3 N–H and O–H groups in total. The van der Waals surface area contributed by atoms with Crippen LogP contribution in [0.4, 0.5) is 5.95 Å². The number of hydrogen-bond donors (Lipinski definition) is 2. The Kier molecular flexibility index (Phi) is 3.52. The summed E-state index contributed by atoms with van der Waals surface area (Å²) in [5.74, 6) is -2.24. The number of fused-ring (bicyclic) bond motifs is 1. The van der Waals surface area contributed by atoms with Gasteiger partial charge in [-0.2, -0.15) is 9.97 Å². The van der Waals surface area contributed by atoms with Crippen LogP contribution in [0.15, 0.2) is 17.8 Å². The first kappa shape index (κ1) is 15.3. The number of halogens is 1. The number of nitrogens with zero attached hydrogens (tertiary/aromatic N) is 4. The maximum absolute atomic E-state index is 11.9. The zero-order valence-electron chi connectivity index (χ0n) is 12.4. The van der Waals surface area contributed by atoms with Gasteiger partial charge >= 0.3 is 5.97 Å². The number of aliphatic hydroxyl groups is 1. The molecule has 0 aromatic carbocycles. The minimum atomic E-state index is -1.19. The molecule has 3 rings (SSSR count). The van der Waals surface area contributed by atoms with Crippen molar-refractivity contribution in [1.29, 1.82) is 0 Å². The van der Waals surface area contributed by atoms with Gasteiger partial charge in [0.25, 0.3) is 11.7 Å². The summed E-state index contributed by atoms with van der Waals surface area (Å²) in [6.45, 7) is 3.35. The molecule has 0 amide bonds. The van der Waals surface area contributed by atoms with Gasteiger partial charge in [-0.3, -0.25) is 0 Å². The van der Waals surface area contributed by atoms with Crippen LogP contribution < -0.4 is 5.73 Å². The molecule has 2 aromatic heterocycles. The number of nitrogen functional groups attached to an aromatic ring is 1. The molecule has 9 nitrogen and oxygen atoms in total. The monoisotopic (exact) mass is 339 g/mol. The number of anilines is 1. The van der Waals surface area contributed by atoms with Crippen molar-refractivity contribution in [2.45, 2.75) is 32.6 Å². The minimum Gasteiger partial charge on any atom is -0.481 e. The van der Waals surface area contributed by atoms with E-state index in [0.717, 1.165) is 0 Å². The number of imidazole rings is 1. The Morgan fingerprint density at radius 2 is 2.13 bits per heavy atom. The Labute approximate surface area is 135 Å². The summed E-state index contributed by atoms with van der Waals surface area (Å²) in [4.78, 5) is 23.9. The summed E-state index contributed by atoms with van der Waals surface area (Å²) in [5, 5.41) is 10.0. The molecule has 0 saturated heterocycles. The second-order valence-corrected chi connectivity index (χ2v) is 5.77. The number of aryl methyl sites for hydroxylation is 1. The van der Waals surface area contributed by atoms with Gasteiger partial charge in [-0.15, -0.1) is 0 Å². The second-order valence-electron chi connectivity index (χ2n) is 5.41. The molecule has 0 bridgehead atoms. The first-order valence-electron chi connectivity index (χ1n) is 6.75. The first-order chi connectivity index (χ1) is 10.8. The van der Waals surface area contributed by atoms with Crippen LogP contribution in [0.25, 0.3) is 11.2 Å². The lowest BCUT2D eigenvalue weighted by atomic mass is 10.1. The number of aliphatic hydroxyl groups excluding tert-OH is 1. The Bertz CT molecular complexity index is 829. The van der Waals surface area contributed by atoms with Crippen molar-refractivity contribution in [1.82, 2.24) is 19.5 Å². The van der Waals surface area contributed by atoms with Crippen molar-refractivity contribution >= 4 is 34.7 Å². The van der Waals surface area contributed by atoms with Crippen LogP contribution in [-0.4, -0.2) is 36.4 Å². The van der Waals surface area contributed by atoms with Crippen LogP contribution in [0.1, 0.15) is 20.3 Å². The van der Waals surface area contributed by atoms with Crippen LogP contribution in [0.5, 0.6) is 0 Å². The number of ether oxygens (including phenoxy) is 2. The van der Waals surface area contributed by atoms with E-state index in [1.165, 1.54) is 20.2 Å². The molecule has 2 aromatic rings. The molecular weight excluding hydrogens is 326 g/mol. The maximum atomic E-state index is 11.9. The van der Waals surface area contributed by atoms with E-state index in [2.05, 4.69) is 15.0 Å². The quantitative estimate of drug-likeness (QED) is 0.637. The van der Waals surface area contributed by atoms with Crippen molar-refractivity contribution in [3.63, 3.8) is 0 Å². The Hall–Kier alpha value is -2.55. The predicted molar refractivity (Wildman–Crippen MR) is 80.3 cm³/mol. The van der Waals surface area contributed by atoms with Gasteiger partial charge in [0.1, 0.15) is 11.1 Å². The third-order valence-electron chi connectivity index (χ3n) is 3.23. The molecule has 0 spiro atoms. The molecule has 23 heavy (non-hydrogen) atoms. The summed E-state index contributed by atoms with van der Waals surface area (Å²) in [6.07, 6.45) is 1.66. The molecule has 0 atom stereocenters. The van der Waals surface area contributed by atoms with E-state index in [1.807, 2.05) is 0 Å². The fraction of sp³-hybridized carbons (Fsp3) is 0.385. The highest BCUT2D eigenvalue weighted by Crippen LogP contribution is 2.27. The van der Waals surface area contributed by atoms with Crippen molar-refractivity contribution in [2.24, 2.45) is 0 Å². The fourth-order valence-corrected chi connectivity index (χ4v) is 2.44. The third-order valence-corrected chi connectivity index (χ3v) is 3.49. The number of hydrogen-bond acceptors (Lipinski definition) is 8. The number of cyclic esters (lactones) is 1. The van der Waals surface area contributed by atoms with Crippen LogP contribution in [0.3, 0.4) is 0 Å². The van der Waals surface area contributed by atoms with Crippen LogP contribution in [0, 0.1) is 0 Å². The molecule has 0 fully saturated rings. The minimum absolute atomic E-state index is 0.0217. The number of carbonyl (C=O) groups is 1. The molecule has 0 saturated carbocycles. The zero-order valence-corrected chi connectivity index (χ0v) is 13.2. The summed E-state index contributed by atoms with van der Waals surface area (Å²) in [7, 11) is 0. The van der Waals surface area contributed by atoms with Gasteiger partial charge in [0, 0.05) is 26.8 Å². The predicted octanol–water partition coefficient (Wildman–Crippen LogP) is 1.53. The number of aromatic nitrogens is 4. The first-order valence-corrected chi connectivity index (χ1v) is 7.13.